The second kappa shape index (κ2) is 9.36. The minimum atomic E-state index is -0.356. The van der Waals surface area contributed by atoms with Crippen molar-refractivity contribution in [3.63, 3.8) is 0 Å². The van der Waals surface area contributed by atoms with Gasteiger partial charge in [0.15, 0.2) is 0 Å². The van der Waals surface area contributed by atoms with E-state index in [-0.39, 0.29) is 17.5 Å². The molecule has 1 heterocycles. The minimum Gasteiger partial charge on any atom is -0.369 e. The predicted octanol–water partition coefficient (Wildman–Crippen LogP) is 3.29. The van der Waals surface area contributed by atoms with E-state index in [1.54, 1.807) is 30.5 Å². The van der Waals surface area contributed by atoms with Crippen LogP contribution in [0.15, 0.2) is 36.7 Å². The highest BCUT2D eigenvalue weighted by atomic mass is 16.2. The Kier molecular flexibility index (Phi) is 6.88. The Balaban J connectivity index is 1.93. The zero-order chi connectivity index (χ0) is 18.1. The Morgan fingerprint density at radius 2 is 1.80 bits per heavy atom. The standard InChI is InChI=1S/C18H23N5O2/c1-3-4-5-9-19-17-12-20-16(11-21-17)18(25)23-15-8-6-7-14(10-15)22-13(2)24/h6-8,10-12H,3-5,9H2,1-2H3,(H,19,21)(H,22,24)(H,23,25). The minimum absolute atomic E-state index is 0.170. The van der Waals surface area contributed by atoms with Crippen LogP contribution in [0.25, 0.3) is 0 Å². The lowest BCUT2D eigenvalue weighted by atomic mass is 10.2. The van der Waals surface area contributed by atoms with Crippen LogP contribution in [0, 0.1) is 0 Å². The van der Waals surface area contributed by atoms with Gasteiger partial charge in [-0.25, -0.2) is 9.97 Å². The summed E-state index contributed by atoms with van der Waals surface area (Å²) in [7, 11) is 0. The molecule has 0 bridgehead atoms. The third kappa shape index (κ3) is 6.21. The SMILES string of the molecule is CCCCCNc1cnc(C(=O)Nc2cccc(NC(C)=O)c2)cn1. The van der Waals surface area contributed by atoms with Crippen LogP contribution in [-0.2, 0) is 4.79 Å². The molecule has 0 aliphatic heterocycles. The number of hydrogen-bond donors (Lipinski definition) is 3. The van der Waals surface area contributed by atoms with Gasteiger partial charge in [-0.3, -0.25) is 9.59 Å². The van der Waals surface area contributed by atoms with Gasteiger partial charge in [0.05, 0.1) is 12.4 Å². The number of rotatable bonds is 8. The maximum Gasteiger partial charge on any atom is 0.275 e. The number of anilines is 3. The predicted molar refractivity (Wildman–Crippen MR) is 98.7 cm³/mol. The van der Waals surface area contributed by atoms with Gasteiger partial charge in [0.1, 0.15) is 11.5 Å². The quantitative estimate of drug-likeness (QED) is 0.640. The fraction of sp³-hybridized carbons (Fsp3) is 0.333. The second-order valence-corrected chi connectivity index (χ2v) is 5.64. The lowest BCUT2D eigenvalue weighted by Gasteiger charge is -2.08. The van der Waals surface area contributed by atoms with Crippen LogP contribution in [0.4, 0.5) is 17.2 Å². The summed E-state index contributed by atoms with van der Waals surface area (Å²) in [6, 6.07) is 6.91. The van der Waals surface area contributed by atoms with E-state index in [0.717, 1.165) is 19.4 Å². The summed E-state index contributed by atoms with van der Waals surface area (Å²) in [4.78, 5) is 31.7. The highest BCUT2D eigenvalue weighted by molar-refractivity contribution is 6.03. The molecule has 25 heavy (non-hydrogen) atoms. The van der Waals surface area contributed by atoms with Crippen LogP contribution >= 0.6 is 0 Å². The van der Waals surface area contributed by atoms with Gasteiger partial charge in [-0.15, -0.1) is 0 Å². The van der Waals surface area contributed by atoms with Crippen LogP contribution in [0.3, 0.4) is 0 Å². The smallest absolute Gasteiger partial charge is 0.275 e. The van der Waals surface area contributed by atoms with Gasteiger partial charge in [0.25, 0.3) is 5.91 Å². The maximum atomic E-state index is 12.2. The number of nitrogens with zero attached hydrogens (tertiary/aromatic N) is 2. The molecule has 3 N–H and O–H groups in total. The fourth-order valence-corrected chi connectivity index (χ4v) is 2.20. The molecule has 0 atom stereocenters. The second-order valence-electron chi connectivity index (χ2n) is 5.64. The van der Waals surface area contributed by atoms with E-state index in [1.165, 1.54) is 19.5 Å². The molecule has 2 rings (SSSR count). The molecule has 132 valence electrons. The summed E-state index contributed by atoms with van der Waals surface area (Å²) in [6.45, 7) is 4.42. The zero-order valence-electron chi connectivity index (χ0n) is 14.5. The van der Waals surface area contributed by atoms with Crippen LogP contribution in [0.1, 0.15) is 43.6 Å². The van der Waals surface area contributed by atoms with Gasteiger partial charge in [0, 0.05) is 24.8 Å². The van der Waals surface area contributed by atoms with E-state index in [1.807, 2.05) is 0 Å². The van der Waals surface area contributed by atoms with Crippen molar-refractivity contribution in [2.24, 2.45) is 0 Å². The van der Waals surface area contributed by atoms with E-state index < -0.39 is 0 Å². The number of hydrogen-bond acceptors (Lipinski definition) is 5. The van der Waals surface area contributed by atoms with Gasteiger partial charge in [-0.05, 0) is 24.6 Å². The highest BCUT2D eigenvalue weighted by Gasteiger charge is 2.09. The molecule has 0 radical (unpaired) electrons. The lowest BCUT2D eigenvalue weighted by molar-refractivity contribution is -0.114. The van der Waals surface area contributed by atoms with E-state index in [2.05, 4.69) is 32.8 Å². The summed E-state index contributed by atoms with van der Waals surface area (Å²) >= 11 is 0. The first-order valence-electron chi connectivity index (χ1n) is 8.33. The topological polar surface area (TPSA) is 96.0 Å². The normalized spacial score (nSPS) is 10.2. The molecule has 1 aromatic heterocycles. The molecule has 7 heteroatoms. The van der Waals surface area contributed by atoms with Crippen molar-refractivity contribution in [3.8, 4) is 0 Å². The number of benzene rings is 1. The number of carbonyl (C=O) groups excluding carboxylic acids is 2. The molecule has 2 amide bonds. The van der Waals surface area contributed by atoms with E-state index in [4.69, 9.17) is 0 Å². The van der Waals surface area contributed by atoms with Gasteiger partial charge in [-0.2, -0.15) is 0 Å². The molecule has 0 unspecified atom stereocenters. The van der Waals surface area contributed by atoms with E-state index in [0.29, 0.717) is 17.2 Å². The molecular weight excluding hydrogens is 318 g/mol. The van der Waals surface area contributed by atoms with Crippen molar-refractivity contribution in [2.45, 2.75) is 33.1 Å². The molecule has 0 spiro atoms. The van der Waals surface area contributed by atoms with Crippen molar-refractivity contribution in [2.75, 3.05) is 22.5 Å². The molecule has 0 saturated heterocycles. The zero-order valence-corrected chi connectivity index (χ0v) is 14.5. The molecule has 0 saturated carbocycles. The van der Waals surface area contributed by atoms with Crippen molar-refractivity contribution < 1.29 is 9.59 Å². The third-order valence-electron chi connectivity index (χ3n) is 3.41. The van der Waals surface area contributed by atoms with Crippen molar-refractivity contribution in [1.82, 2.24) is 9.97 Å². The molecule has 0 fully saturated rings. The number of nitrogens with one attached hydrogen (secondary N) is 3. The monoisotopic (exact) mass is 341 g/mol. The van der Waals surface area contributed by atoms with E-state index in [9.17, 15) is 9.59 Å². The third-order valence-corrected chi connectivity index (χ3v) is 3.41. The first kappa shape index (κ1) is 18.4. The summed E-state index contributed by atoms with van der Waals surface area (Å²) in [5, 5.41) is 8.58. The largest absolute Gasteiger partial charge is 0.369 e. The lowest BCUT2D eigenvalue weighted by Crippen LogP contribution is -2.15. The summed E-state index contributed by atoms with van der Waals surface area (Å²) in [5.74, 6) is 0.127. The first-order valence-corrected chi connectivity index (χ1v) is 8.33. The molecule has 1 aromatic carbocycles. The Labute approximate surface area is 147 Å². The Hall–Kier alpha value is -2.96. The van der Waals surface area contributed by atoms with Crippen LogP contribution in [0.5, 0.6) is 0 Å². The Morgan fingerprint density at radius 1 is 1.04 bits per heavy atom. The number of amides is 2. The van der Waals surface area contributed by atoms with Crippen LogP contribution in [-0.4, -0.2) is 28.3 Å². The summed E-state index contributed by atoms with van der Waals surface area (Å²) < 4.78 is 0. The van der Waals surface area contributed by atoms with Crippen LogP contribution in [0.2, 0.25) is 0 Å². The number of unbranched alkanes of at least 4 members (excludes halogenated alkanes) is 2. The summed E-state index contributed by atoms with van der Waals surface area (Å²) in [6.07, 6.45) is 6.39. The molecular formula is C18H23N5O2. The molecule has 2 aromatic rings. The van der Waals surface area contributed by atoms with Gasteiger partial charge in [-0.1, -0.05) is 25.8 Å². The number of carbonyl (C=O) groups is 2. The average molecular weight is 341 g/mol. The highest BCUT2D eigenvalue weighted by Crippen LogP contribution is 2.16. The molecule has 7 nitrogen and oxygen atoms in total. The molecule has 0 aliphatic carbocycles. The Morgan fingerprint density at radius 3 is 2.44 bits per heavy atom. The maximum absolute atomic E-state index is 12.2. The summed E-state index contributed by atoms with van der Waals surface area (Å²) in [5.41, 5.74) is 1.41. The first-order chi connectivity index (χ1) is 12.1. The van der Waals surface area contributed by atoms with Crippen molar-refractivity contribution >= 4 is 29.0 Å². The van der Waals surface area contributed by atoms with Crippen LogP contribution < -0.4 is 16.0 Å². The van der Waals surface area contributed by atoms with Gasteiger partial charge >= 0.3 is 0 Å². The number of aromatic nitrogens is 2. The van der Waals surface area contributed by atoms with Crippen molar-refractivity contribution in [3.05, 3.63) is 42.4 Å². The molecule has 0 aliphatic rings. The Bertz CT molecular complexity index is 716. The van der Waals surface area contributed by atoms with Crippen molar-refractivity contribution in [1.29, 1.82) is 0 Å². The van der Waals surface area contributed by atoms with E-state index >= 15 is 0 Å². The average Bonchev–Trinajstić information content (AvgIpc) is 2.59. The van der Waals surface area contributed by atoms with Gasteiger partial charge < -0.3 is 16.0 Å². The fourth-order valence-electron chi connectivity index (χ4n) is 2.20. The van der Waals surface area contributed by atoms with Gasteiger partial charge in [0.2, 0.25) is 5.91 Å².